The van der Waals surface area contributed by atoms with Crippen molar-refractivity contribution >= 4 is 35.5 Å². The number of nitrogens with zero attached hydrogens (tertiary/aromatic N) is 2. The Morgan fingerprint density at radius 3 is 2.20 bits per heavy atom. The smallest absolute Gasteiger partial charge is 0.362 e. The van der Waals surface area contributed by atoms with E-state index < -0.39 is 35.5 Å². The number of carboxylic acids is 1. The Kier molecular flexibility index (Phi) is 8.80. The molecule has 1 saturated heterocycles. The van der Waals surface area contributed by atoms with Crippen molar-refractivity contribution in [1.82, 2.24) is 10.2 Å². The number of carboxylic acid groups (broad SMARTS) is 1. The first-order valence-corrected chi connectivity index (χ1v) is 14.0. The van der Waals surface area contributed by atoms with Crippen LogP contribution in [0.4, 0.5) is 0 Å². The molecule has 3 atom stereocenters. The molecule has 2 aromatic rings. The Balaban J connectivity index is 1.68. The van der Waals surface area contributed by atoms with Crippen LogP contribution in [0.25, 0.3) is 0 Å². The highest BCUT2D eigenvalue weighted by Gasteiger charge is 2.54. The summed E-state index contributed by atoms with van der Waals surface area (Å²) in [5.41, 5.74) is 2.31. The molecule has 10 heteroatoms. The molecular weight excluding hydrogens is 530 g/mol. The molecule has 9 nitrogen and oxygen atoms in total. The van der Waals surface area contributed by atoms with E-state index in [-0.39, 0.29) is 22.0 Å². The molecule has 2 amide bonds. The van der Waals surface area contributed by atoms with Crippen molar-refractivity contribution in [3.63, 3.8) is 0 Å². The fourth-order valence-electron chi connectivity index (χ4n) is 4.65. The van der Waals surface area contributed by atoms with Crippen LogP contribution in [0, 0.1) is 0 Å². The standard InChI is InChI=1S/C30H33N3O6S/c1-19(29(36)37)33(3,4)17-11-16-23-18-40-28-24(31-20(2)34)27(35)32(28)25(23)30(38)39-26(21-12-7-5-8-13-21)22-14-9-6-10-15-22/h5-16,19,24,26,28H,17-18H2,1-4H3,(H-,31,34,36,37)/p+1/b16-11+/t19?,24-,28-/m1/s1. The number of carbonyl (C=O) groups excluding carboxylic acids is 3. The first-order valence-electron chi connectivity index (χ1n) is 13.0. The molecule has 0 aromatic heterocycles. The van der Waals surface area contributed by atoms with E-state index in [2.05, 4.69) is 5.32 Å². The van der Waals surface area contributed by atoms with Crippen molar-refractivity contribution in [2.24, 2.45) is 0 Å². The number of nitrogens with one attached hydrogen (secondary N) is 1. The number of fused-ring (bicyclic) bond motifs is 1. The number of hydrogen-bond donors (Lipinski definition) is 2. The number of likely N-dealkylation sites (N-methyl/N-ethyl adjacent to an activating group) is 1. The van der Waals surface area contributed by atoms with Gasteiger partial charge in [-0.05, 0) is 29.7 Å². The topological polar surface area (TPSA) is 113 Å². The normalized spacial score (nSPS) is 19.7. The Bertz CT molecular complexity index is 1300. The van der Waals surface area contributed by atoms with Crippen LogP contribution in [-0.2, 0) is 23.9 Å². The first-order chi connectivity index (χ1) is 19.0. The zero-order valence-electron chi connectivity index (χ0n) is 22.9. The van der Waals surface area contributed by atoms with E-state index in [4.69, 9.17) is 4.74 Å². The highest BCUT2D eigenvalue weighted by atomic mass is 32.2. The number of amides is 2. The van der Waals surface area contributed by atoms with Crippen molar-refractivity contribution in [3.05, 3.63) is 95.2 Å². The van der Waals surface area contributed by atoms with E-state index in [0.29, 0.717) is 17.9 Å². The van der Waals surface area contributed by atoms with Crippen molar-refractivity contribution in [2.75, 3.05) is 26.4 Å². The lowest BCUT2D eigenvalue weighted by molar-refractivity contribution is -0.899. The van der Waals surface area contributed by atoms with Gasteiger partial charge in [0.05, 0.1) is 20.6 Å². The van der Waals surface area contributed by atoms with Crippen LogP contribution in [0.5, 0.6) is 0 Å². The number of quaternary nitrogens is 1. The summed E-state index contributed by atoms with van der Waals surface area (Å²) in [6.07, 6.45) is 2.90. The van der Waals surface area contributed by atoms with Gasteiger partial charge in [0.15, 0.2) is 12.1 Å². The van der Waals surface area contributed by atoms with E-state index in [1.807, 2.05) is 80.8 Å². The molecule has 1 unspecified atom stereocenters. The molecule has 210 valence electrons. The molecule has 0 bridgehead atoms. The number of esters is 1. The van der Waals surface area contributed by atoms with Crippen LogP contribution in [0.1, 0.15) is 31.1 Å². The predicted octanol–water partition coefficient (Wildman–Crippen LogP) is 3.10. The molecule has 2 aromatic carbocycles. The van der Waals surface area contributed by atoms with Crippen LogP contribution in [-0.4, -0.2) is 82.1 Å². The van der Waals surface area contributed by atoms with Crippen LogP contribution in [0.15, 0.2) is 84.1 Å². The molecule has 2 aliphatic rings. The third-order valence-electron chi connectivity index (χ3n) is 7.28. The molecule has 2 aliphatic heterocycles. The van der Waals surface area contributed by atoms with Gasteiger partial charge in [-0.25, -0.2) is 9.59 Å². The van der Waals surface area contributed by atoms with Gasteiger partial charge in [-0.3, -0.25) is 14.5 Å². The van der Waals surface area contributed by atoms with Crippen molar-refractivity contribution in [1.29, 1.82) is 0 Å². The van der Waals surface area contributed by atoms with Crippen molar-refractivity contribution in [2.45, 2.75) is 37.4 Å². The Morgan fingerprint density at radius 1 is 1.10 bits per heavy atom. The lowest BCUT2D eigenvalue weighted by Crippen LogP contribution is -2.70. The van der Waals surface area contributed by atoms with Gasteiger partial charge in [0, 0.05) is 12.7 Å². The molecule has 1 fully saturated rings. The van der Waals surface area contributed by atoms with E-state index in [1.165, 1.54) is 23.6 Å². The Hall–Kier alpha value is -3.89. The van der Waals surface area contributed by atoms with Crippen molar-refractivity contribution < 1.29 is 33.5 Å². The maximum Gasteiger partial charge on any atom is 0.362 e. The Morgan fingerprint density at radius 2 is 1.68 bits per heavy atom. The fourth-order valence-corrected chi connectivity index (χ4v) is 5.97. The second-order valence-corrected chi connectivity index (χ2v) is 11.6. The summed E-state index contributed by atoms with van der Waals surface area (Å²) in [5, 5.41) is 11.7. The van der Waals surface area contributed by atoms with Crippen LogP contribution >= 0.6 is 11.8 Å². The number of carbonyl (C=O) groups is 4. The first kappa shape index (κ1) is 29.1. The third kappa shape index (κ3) is 6.13. The zero-order valence-corrected chi connectivity index (χ0v) is 23.8. The number of hydrogen-bond acceptors (Lipinski definition) is 6. The molecule has 0 aliphatic carbocycles. The van der Waals surface area contributed by atoms with Gasteiger partial charge in [-0.1, -0.05) is 66.7 Å². The second kappa shape index (κ2) is 12.1. The number of β-lactam (4-membered cyclic amide) rings is 1. The summed E-state index contributed by atoms with van der Waals surface area (Å²) >= 11 is 1.45. The lowest BCUT2D eigenvalue weighted by Gasteiger charge is -2.49. The van der Waals surface area contributed by atoms with E-state index in [1.54, 1.807) is 13.0 Å². The summed E-state index contributed by atoms with van der Waals surface area (Å²) in [6, 6.07) is 17.4. The number of ether oxygens (including phenoxy) is 1. The average Bonchev–Trinajstić information content (AvgIpc) is 2.94. The number of thioether (sulfide) groups is 1. The molecular formula is C30H34N3O6S+. The molecule has 2 heterocycles. The van der Waals surface area contributed by atoms with Crippen LogP contribution in [0.3, 0.4) is 0 Å². The quantitative estimate of drug-likeness (QED) is 0.259. The van der Waals surface area contributed by atoms with Crippen LogP contribution in [0.2, 0.25) is 0 Å². The van der Waals surface area contributed by atoms with E-state index >= 15 is 0 Å². The molecule has 0 spiro atoms. The minimum atomic E-state index is -0.902. The fraction of sp³-hybridized carbons (Fsp3) is 0.333. The van der Waals surface area contributed by atoms with E-state index in [0.717, 1.165) is 11.1 Å². The second-order valence-electron chi connectivity index (χ2n) is 10.4. The maximum absolute atomic E-state index is 13.9. The number of benzene rings is 2. The minimum Gasteiger partial charge on any atom is -0.477 e. The summed E-state index contributed by atoms with van der Waals surface area (Å²) in [6.45, 7) is 3.39. The zero-order chi connectivity index (χ0) is 29.0. The van der Waals surface area contributed by atoms with Gasteiger partial charge in [0.2, 0.25) is 5.91 Å². The van der Waals surface area contributed by atoms with Crippen molar-refractivity contribution in [3.8, 4) is 0 Å². The third-order valence-corrected chi connectivity index (χ3v) is 8.58. The largest absolute Gasteiger partial charge is 0.477 e. The van der Waals surface area contributed by atoms with Crippen LogP contribution < -0.4 is 5.32 Å². The maximum atomic E-state index is 13.9. The van der Waals surface area contributed by atoms with Gasteiger partial charge in [0.25, 0.3) is 5.91 Å². The molecule has 40 heavy (non-hydrogen) atoms. The van der Waals surface area contributed by atoms with Gasteiger partial charge in [-0.15, -0.1) is 11.8 Å². The molecule has 2 N–H and O–H groups in total. The summed E-state index contributed by atoms with van der Waals surface area (Å²) < 4.78 is 6.32. The average molecular weight is 565 g/mol. The summed E-state index contributed by atoms with van der Waals surface area (Å²) in [7, 11) is 3.64. The van der Waals surface area contributed by atoms with Gasteiger partial charge >= 0.3 is 11.9 Å². The SMILES string of the molecule is CC(=O)N[C@@H]1C(=O)N2C(C(=O)OC(c3ccccc3)c3ccccc3)=C(/C=C/C[N+](C)(C)C(C)C(=O)O)CS[C@H]12. The highest BCUT2D eigenvalue weighted by Crippen LogP contribution is 2.42. The number of aliphatic carboxylic acids is 1. The highest BCUT2D eigenvalue weighted by molar-refractivity contribution is 8.00. The minimum absolute atomic E-state index is 0.139. The van der Waals surface area contributed by atoms with E-state index in [9.17, 15) is 24.3 Å². The molecule has 4 rings (SSSR count). The summed E-state index contributed by atoms with van der Waals surface area (Å²) in [4.78, 5) is 51.7. The number of rotatable bonds is 10. The van der Waals surface area contributed by atoms with Gasteiger partial charge in [-0.2, -0.15) is 0 Å². The van der Waals surface area contributed by atoms with Gasteiger partial charge in [0.1, 0.15) is 17.1 Å². The summed E-state index contributed by atoms with van der Waals surface area (Å²) in [5.74, 6) is -1.84. The van der Waals surface area contributed by atoms with Gasteiger partial charge < -0.3 is 19.6 Å². The lowest BCUT2D eigenvalue weighted by atomic mass is 10.0. The molecule has 0 saturated carbocycles. The monoisotopic (exact) mass is 564 g/mol. The predicted molar refractivity (Wildman–Crippen MR) is 152 cm³/mol. The number of allylic oxidation sites excluding steroid dienone is 1. The Labute approximate surface area is 238 Å². The molecule has 0 radical (unpaired) electrons.